The van der Waals surface area contributed by atoms with Gasteiger partial charge in [0.25, 0.3) is 0 Å². The Morgan fingerprint density at radius 3 is 2.76 bits per heavy atom. The summed E-state index contributed by atoms with van der Waals surface area (Å²) in [5.41, 5.74) is 8.86. The van der Waals surface area contributed by atoms with Crippen LogP contribution in [0.5, 0.6) is 5.75 Å². The second-order valence-electron chi connectivity index (χ2n) is 4.94. The molecule has 1 atom stereocenters. The molecule has 0 saturated heterocycles. The van der Waals surface area contributed by atoms with Crippen molar-refractivity contribution >= 4 is 0 Å². The lowest BCUT2D eigenvalue weighted by atomic mass is 9.92. The number of aryl methyl sites for hydroxylation is 2. The highest BCUT2D eigenvalue weighted by Crippen LogP contribution is 2.25. The minimum Gasteiger partial charge on any atom is -0.494 e. The Bertz CT molecular complexity index is 362. The predicted molar refractivity (Wildman–Crippen MR) is 71.5 cm³/mol. The molecule has 0 amide bonds. The molecule has 1 aromatic rings. The molecule has 2 heteroatoms. The highest BCUT2D eigenvalue weighted by Gasteiger charge is 2.09. The Hall–Kier alpha value is -1.02. The fourth-order valence-electron chi connectivity index (χ4n) is 2.33. The van der Waals surface area contributed by atoms with Crippen molar-refractivity contribution in [2.45, 2.75) is 51.5 Å². The second-order valence-corrected chi connectivity index (χ2v) is 4.94. The van der Waals surface area contributed by atoms with Crippen molar-refractivity contribution in [3.63, 3.8) is 0 Å². The number of rotatable bonds is 5. The van der Waals surface area contributed by atoms with Gasteiger partial charge in [-0.15, -0.1) is 0 Å². The van der Waals surface area contributed by atoms with Gasteiger partial charge in [0.2, 0.25) is 0 Å². The van der Waals surface area contributed by atoms with Crippen molar-refractivity contribution in [1.82, 2.24) is 0 Å². The molecule has 2 nitrogen and oxygen atoms in total. The number of nitrogens with two attached hydrogens (primary N) is 1. The molecule has 1 aliphatic rings. The van der Waals surface area contributed by atoms with E-state index in [9.17, 15) is 0 Å². The van der Waals surface area contributed by atoms with E-state index >= 15 is 0 Å². The van der Waals surface area contributed by atoms with Crippen LogP contribution in [0.3, 0.4) is 0 Å². The summed E-state index contributed by atoms with van der Waals surface area (Å²) in [6.07, 6.45) is 7.05. The number of fused-ring (bicyclic) bond motifs is 1. The SMILES string of the molecule is CCC(N)CCOc1ccc2c(c1)CCCC2. The predicted octanol–water partition coefficient (Wildman–Crippen LogP) is 3.07. The lowest BCUT2D eigenvalue weighted by molar-refractivity contribution is 0.295. The molecule has 0 aromatic heterocycles. The van der Waals surface area contributed by atoms with E-state index in [0.29, 0.717) is 0 Å². The summed E-state index contributed by atoms with van der Waals surface area (Å²) in [6.45, 7) is 2.84. The molecule has 0 radical (unpaired) electrons. The third-order valence-corrected chi connectivity index (χ3v) is 3.60. The fourth-order valence-corrected chi connectivity index (χ4v) is 2.33. The van der Waals surface area contributed by atoms with Crippen LogP contribution in [0.15, 0.2) is 18.2 Å². The molecule has 0 bridgehead atoms. The van der Waals surface area contributed by atoms with Crippen molar-refractivity contribution < 1.29 is 4.74 Å². The van der Waals surface area contributed by atoms with Gasteiger partial charge in [0.15, 0.2) is 0 Å². The van der Waals surface area contributed by atoms with Gasteiger partial charge < -0.3 is 10.5 Å². The number of benzene rings is 1. The van der Waals surface area contributed by atoms with Gasteiger partial charge in [-0.25, -0.2) is 0 Å². The number of hydrogen-bond donors (Lipinski definition) is 1. The van der Waals surface area contributed by atoms with Gasteiger partial charge in [-0.3, -0.25) is 0 Å². The Labute approximate surface area is 104 Å². The van der Waals surface area contributed by atoms with E-state index in [1.807, 2.05) is 0 Å². The quantitative estimate of drug-likeness (QED) is 0.848. The topological polar surface area (TPSA) is 35.2 Å². The minimum atomic E-state index is 0.271. The van der Waals surface area contributed by atoms with Gasteiger partial charge in [0.1, 0.15) is 5.75 Å². The molecular formula is C15H23NO. The van der Waals surface area contributed by atoms with Crippen molar-refractivity contribution in [2.75, 3.05) is 6.61 Å². The van der Waals surface area contributed by atoms with Gasteiger partial charge in [-0.1, -0.05) is 13.0 Å². The molecular weight excluding hydrogens is 210 g/mol. The summed E-state index contributed by atoms with van der Waals surface area (Å²) < 4.78 is 5.76. The standard InChI is InChI=1S/C15H23NO/c1-2-14(16)9-10-17-15-8-7-12-5-3-4-6-13(12)11-15/h7-8,11,14H,2-6,9-10,16H2,1H3. The van der Waals surface area contributed by atoms with Gasteiger partial charge in [0.05, 0.1) is 6.61 Å². The highest BCUT2D eigenvalue weighted by molar-refractivity contribution is 5.37. The first-order valence-electron chi connectivity index (χ1n) is 6.79. The van der Waals surface area contributed by atoms with Crippen molar-refractivity contribution in [1.29, 1.82) is 0 Å². The Morgan fingerprint density at radius 2 is 2.00 bits per heavy atom. The summed E-state index contributed by atoms with van der Waals surface area (Å²) in [4.78, 5) is 0. The Balaban J connectivity index is 1.89. The van der Waals surface area contributed by atoms with Gasteiger partial charge in [0, 0.05) is 6.04 Å². The molecule has 94 valence electrons. The first-order valence-corrected chi connectivity index (χ1v) is 6.79. The lowest BCUT2D eigenvalue weighted by Gasteiger charge is -2.17. The summed E-state index contributed by atoms with van der Waals surface area (Å²) in [5.74, 6) is 1.01. The first-order chi connectivity index (χ1) is 8.29. The zero-order valence-corrected chi connectivity index (χ0v) is 10.7. The molecule has 17 heavy (non-hydrogen) atoms. The van der Waals surface area contributed by atoms with Crippen LogP contribution in [0, 0.1) is 0 Å². The normalized spacial score (nSPS) is 16.4. The van der Waals surface area contributed by atoms with Crippen LogP contribution < -0.4 is 10.5 Å². The molecule has 0 heterocycles. The maximum atomic E-state index is 5.87. The number of hydrogen-bond acceptors (Lipinski definition) is 2. The zero-order valence-electron chi connectivity index (χ0n) is 10.7. The van der Waals surface area contributed by atoms with Gasteiger partial charge >= 0.3 is 0 Å². The van der Waals surface area contributed by atoms with E-state index < -0.39 is 0 Å². The summed E-state index contributed by atoms with van der Waals surface area (Å²) >= 11 is 0. The second kappa shape index (κ2) is 6.06. The third-order valence-electron chi connectivity index (χ3n) is 3.60. The Kier molecular flexibility index (Phi) is 4.43. The first kappa shape index (κ1) is 12.4. The van der Waals surface area contributed by atoms with E-state index in [1.165, 1.54) is 36.8 Å². The molecule has 2 rings (SSSR count). The van der Waals surface area contributed by atoms with Crippen LogP contribution in [0.4, 0.5) is 0 Å². The lowest BCUT2D eigenvalue weighted by Crippen LogP contribution is -2.21. The third kappa shape index (κ3) is 3.47. The monoisotopic (exact) mass is 233 g/mol. The van der Waals surface area contributed by atoms with Crippen LogP contribution in [-0.4, -0.2) is 12.6 Å². The molecule has 1 aliphatic carbocycles. The van der Waals surface area contributed by atoms with E-state index in [-0.39, 0.29) is 6.04 Å². The van der Waals surface area contributed by atoms with Crippen LogP contribution in [0.2, 0.25) is 0 Å². The molecule has 0 aliphatic heterocycles. The van der Waals surface area contributed by atoms with Crippen molar-refractivity contribution in [2.24, 2.45) is 5.73 Å². The molecule has 1 unspecified atom stereocenters. The number of ether oxygens (including phenoxy) is 1. The van der Waals surface area contributed by atoms with E-state index in [2.05, 4.69) is 25.1 Å². The van der Waals surface area contributed by atoms with Crippen molar-refractivity contribution in [3.05, 3.63) is 29.3 Å². The molecule has 0 fully saturated rings. The van der Waals surface area contributed by atoms with Crippen LogP contribution >= 0.6 is 0 Å². The van der Waals surface area contributed by atoms with E-state index in [4.69, 9.17) is 10.5 Å². The molecule has 2 N–H and O–H groups in total. The average Bonchev–Trinajstić information content (AvgIpc) is 2.38. The summed E-state index contributed by atoms with van der Waals surface area (Å²) in [7, 11) is 0. The largest absolute Gasteiger partial charge is 0.494 e. The molecule has 0 saturated carbocycles. The maximum Gasteiger partial charge on any atom is 0.119 e. The summed E-state index contributed by atoms with van der Waals surface area (Å²) in [6, 6.07) is 6.81. The minimum absolute atomic E-state index is 0.271. The van der Waals surface area contributed by atoms with Crippen LogP contribution in [0.1, 0.15) is 43.7 Å². The zero-order chi connectivity index (χ0) is 12.1. The van der Waals surface area contributed by atoms with E-state index in [0.717, 1.165) is 25.2 Å². The smallest absolute Gasteiger partial charge is 0.119 e. The highest BCUT2D eigenvalue weighted by atomic mass is 16.5. The van der Waals surface area contributed by atoms with Gasteiger partial charge in [-0.2, -0.15) is 0 Å². The Morgan fingerprint density at radius 1 is 1.24 bits per heavy atom. The van der Waals surface area contributed by atoms with Crippen LogP contribution in [-0.2, 0) is 12.8 Å². The molecule has 1 aromatic carbocycles. The fraction of sp³-hybridized carbons (Fsp3) is 0.600. The molecule has 0 spiro atoms. The van der Waals surface area contributed by atoms with Crippen molar-refractivity contribution in [3.8, 4) is 5.75 Å². The average molecular weight is 233 g/mol. The maximum absolute atomic E-state index is 5.87. The van der Waals surface area contributed by atoms with E-state index in [1.54, 1.807) is 0 Å². The van der Waals surface area contributed by atoms with Crippen LogP contribution in [0.25, 0.3) is 0 Å². The summed E-state index contributed by atoms with van der Waals surface area (Å²) in [5, 5.41) is 0. The van der Waals surface area contributed by atoms with Gasteiger partial charge in [-0.05, 0) is 61.8 Å².